The molecule has 0 fully saturated rings. The molecule has 0 spiro atoms. The first-order valence-corrected chi connectivity index (χ1v) is 8.88. The molecule has 0 aliphatic heterocycles. The van der Waals surface area contributed by atoms with Crippen molar-refractivity contribution in [2.75, 3.05) is 37.5 Å². The lowest BCUT2D eigenvalue weighted by molar-refractivity contribution is -0.129. The number of rotatable bonds is 8. The molecule has 0 saturated heterocycles. The molecule has 24 heavy (non-hydrogen) atoms. The number of carbonyl (C=O) groups is 3. The van der Waals surface area contributed by atoms with Crippen molar-refractivity contribution in [2.24, 2.45) is 5.92 Å². The standard InChI is InChI=1S/C17H25N3O3S/c1-12-5-7-14(8-6-12)19-15(21)10-24-11-16(22)20(4)9-13(2)17(23)18-3/h5-8,13H,9-11H2,1-4H3,(H,18,23)(H,19,21)/t13-/m1/s1. The maximum Gasteiger partial charge on any atom is 0.234 e. The van der Waals surface area contributed by atoms with Gasteiger partial charge < -0.3 is 15.5 Å². The zero-order valence-electron chi connectivity index (χ0n) is 14.6. The van der Waals surface area contributed by atoms with E-state index in [1.165, 1.54) is 16.7 Å². The van der Waals surface area contributed by atoms with Crippen molar-refractivity contribution < 1.29 is 14.4 Å². The minimum atomic E-state index is -0.265. The van der Waals surface area contributed by atoms with Gasteiger partial charge in [-0.05, 0) is 19.1 Å². The predicted octanol–water partition coefficient (Wildman–Crippen LogP) is 1.51. The van der Waals surface area contributed by atoms with Crippen molar-refractivity contribution in [2.45, 2.75) is 13.8 Å². The summed E-state index contributed by atoms with van der Waals surface area (Å²) in [5, 5.41) is 5.35. The van der Waals surface area contributed by atoms with E-state index in [4.69, 9.17) is 0 Å². The van der Waals surface area contributed by atoms with E-state index in [9.17, 15) is 14.4 Å². The highest BCUT2D eigenvalue weighted by Gasteiger charge is 2.17. The highest BCUT2D eigenvalue weighted by atomic mass is 32.2. The second kappa shape index (κ2) is 9.97. The van der Waals surface area contributed by atoms with E-state index in [0.717, 1.165) is 11.3 Å². The van der Waals surface area contributed by atoms with Crippen LogP contribution in [-0.4, -0.2) is 54.8 Å². The van der Waals surface area contributed by atoms with Crippen molar-refractivity contribution in [3.05, 3.63) is 29.8 Å². The van der Waals surface area contributed by atoms with E-state index >= 15 is 0 Å². The fourth-order valence-corrected chi connectivity index (χ4v) is 2.77. The van der Waals surface area contributed by atoms with Crippen LogP contribution in [0.2, 0.25) is 0 Å². The van der Waals surface area contributed by atoms with Gasteiger partial charge in [-0.15, -0.1) is 11.8 Å². The Morgan fingerprint density at radius 1 is 1.17 bits per heavy atom. The zero-order valence-corrected chi connectivity index (χ0v) is 15.4. The van der Waals surface area contributed by atoms with Crippen LogP contribution >= 0.6 is 11.8 Å². The highest BCUT2D eigenvalue weighted by Crippen LogP contribution is 2.10. The quantitative estimate of drug-likeness (QED) is 0.744. The molecule has 132 valence electrons. The van der Waals surface area contributed by atoms with E-state index in [2.05, 4.69) is 10.6 Å². The number of amides is 3. The molecule has 0 unspecified atom stereocenters. The monoisotopic (exact) mass is 351 g/mol. The smallest absolute Gasteiger partial charge is 0.234 e. The molecule has 0 radical (unpaired) electrons. The third-order valence-corrected chi connectivity index (χ3v) is 4.38. The van der Waals surface area contributed by atoms with Gasteiger partial charge in [0.15, 0.2) is 0 Å². The van der Waals surface area contributed by atoms with Crippen molar-refractivity contribution >= 4 is 35.2 Å². The van der Waals surface area contributed by atoms with Crippen molar-refractivity contribution in [1.82, 2.24) is 10.2 Å². The van der Waals surface area contributed by atoms with Gasteiger partial charge in [-0.3, -0.25) is 14.4 Å². The summed E-state index contributed by atoms with van der Waals surface area (Å²) in [5.41, 5.74) is 1.87. The molecule has 3 amide bonds. The maximum atomic E-state index is 12.0. The Hall–Kier alpha value is -2.02. The first-order chi connectivity index (χ1) is 11.3. The van der Waals surface area contributed by atoms with Crippen LogP contribution < -0.4 is 10.6 Å². The van der Waals surface area contributed by atoms with Gasteiger partial charge in [-0.1, -0.05) is 24.6 Å². The topological polar surface area (TPSA) is 78.5 Å². The number of aryl methyl sites for hydroxylation is 1. The van der Waals surface area contributed by atoms with Crippen LogP contribution in [-0.2, 0) is 14.4 Å². The van der Waals surface area contributed by atoms with Gasteiger partial charge in [0.2, 0.25) is 17.7 Å². The first kappa shape index (κ1) is 20.0. The Morgan fingerprint density at radius 2 is 1.79 bits per heavy atom. The lowest BCUT2D eigenvalue weighted by atomic mass is 10.1. The molecule has 0 aliphatic rings. The molecule has 0 aliphatic carbocycles. The summed E-state index contributed by atoms with van der Waals surface area (Å²) >= 11 is 1.26. The Balaban J connectivity index is 2.30. The summed E-state index contributed by atoms with van der Waals surface area (Å²) in [6.07, 6.45) is 0. The molecule has 1 aromatic rings. The number of nitrogens with one attached hydrogen (secondary N) is 2. The summed E-state index contributed by atoms with van der Waals surface area (Å²) in [7, 11) is 3.23. The van der Waals surface area contributed by atoms with Gasteiger partial charge in [-0.2, -0.15) is 0 Å². The van der Waals surface area contributed by atoms with Crippen LogP contribution in [0, 0.1) is 12.8 Å². The Kier molecular flexibility index (Phi) is 8.32. The molecule has 0 saturated carbocycles. The summed E-state index contributed by atoms with van der Waals surface area (Å²) in [6, 6.07) is 7.54. The molecule has 0 bridgehead atoms. The van der Waals surface area contributed by atoms with Crippen molar-refractivity contribution in [1.29, 1.82) is 0 Å². The minimum absolute atomic E-state index is 0.0974. The molecule has 1 aromatic carbocycles. The molecule has 2 N–H and O–H groups in total. The number of hydrogen-bond donors (Lipinski definition) is 2. The fourth-order valence-electron chi connectivity index (χ4n) is 2.02. The molecule has 6 nitrogen and oxygen atoms in total. The number of thioether (sulfide) groups is 1. The predicted molar refractivity (Wildman–Crippen MR) is 98.0 cm³/mol. The summed E-state index contributed by atoms with van der Waals surface area (Å²) in [6.45, 7) is 4.11. The third kappa shape index (κ3) is 7.04. The van der Waals surface area contributed by atoms with Crippen molar-refractivity contribution in [3.8, 4) is 0 Å². The molecular weight excluding hydrogens is 326 g/mol. The van der Waals surface area contributed by atoms with Gasteiger partial charge in [-0.25, -0.2) is 0 Å². The second-order valence-electron chi connectivity index (χ2n) is 5.70. The van der Waals surface area contributed by atoms with E-state index in [-0.39, 0.29) is 35.1 Å². The SMILES string of the molecule is CNC(=O)[C@H](C)CN(C)C(=O)CSCC(=O)Nc1ccc(C)cc1. The van der Waals surface area contributed by atoms with Crippen molar-refractivity contribution in [3.63, 3.8) is 0 Å². The van der Waals surface area contributed by atoms with Gasteiger partial charge in [0.25, 0.3) is 0 Å². The Labute approximate surface area is 147 Å². The Bertz CT molecular complexity index is 575. The number of benzene rings is 1. The lowest BCUT2D eigenvalue weighted by Gasteiger charge is -2.20. The average Bonchev–Trinajstić information content (AvgIpc) is 2.55. The molecule has 7 heteroatoms. The third-order valence-electron chi connectivity index (χ3n) is 3.46. The second-order valence-corrected chi connectivity index (χ2v) is 6.68. The molecule has 1 atom stereocenters. The largest absolute Gasteiger partial charge is 0.359 e. The van der Waals surface area contributed by atoms with Crippen LogP contribution in [0.4, 0.5) is 5.69 Å². The van der Waals surface area contributed by atoms with Crippen LogP contribution in [0.15, 0.2) is 24.3 Å². The first-order valence-electron chi connectivity index (χ1n) is 7.73. The summed E-state index contributed by atoms with van der Waals surface area (Å²) in [5.74, 6) is -0.188. The van der Waals surface area contributed by atoms with E-state index in [1.54, 1.807) is 21.0 Å². The van der Waals surface area contributed by atoms with Gasteiger partial charge in [0.1, 0.15) is 0 Å². The number of anilines is 1. The van der Waals surface area contributed by atoms with E-state index in [1.807, 2.05) is 31.2 Å². The number of nitrogens with zero attached hydrogens (tertiary/aromatic N) is 1. The zero-order chi connectivity index (χ0) is 18.1. The summed E-state index contributed by atoms with van der Waals surface area (Å²) < 4.78 is 0. The van der Waals surface area contributed by atoms with Crippen LogP contribution in [0.5, 0.6) is 0 Å². The van der Waals surface area contributed by atoms with Gasteiger partial charge in [0, 0.05) is 26.3 Å². The normalized spacial score (nSPS) is 11.5. The highest BCUT2D eigenvalue weighted by molar-refractivity contribution is 8.00. The molecule has 0 aromatic heterocycles. The number of carbonyl (C=O) groups excluding carboxylic acids is 3. The maximum absolute atomic E-state index is 12.0. The number of hydrogen-bond acceptors (Lipinski definition) is 4. The van der Waals surface area contributed by atoms with Crippen LogP contribution in [0.3, 0.4) is 0 Å². The van der Waals surface area contributed by atoms with Gasteiger partial charge >= 0.3 is 0 Å². The van der Waals surface area contributed by atoms with E-state index in [0.29, 0.717) is 6.54 Å². The molecule has 0 heterocycles. The summed E-state index contributed by atoms with van der Waals surface area (Å²) in [4.78, 5) is 36.8. The fraction of sp³-hybridized carbons (Fsp3) is 0.471. The lowest BCUT2D eigenvalue weighted by Crippen LogP contribution is -2.38. The van der Waals surface area contributed by atoms with Crippen LogP contribution in [0.1, 0.15) is 12.5 Å². The van der Waals surface area contributed by atoms with E-state index < -0.39 is 0 Å². The van der Waals surface area contributed by atoms with Gasteiger partial charge in [0.05, 0.1) is 17.4 Å². The molecule has 1 rings (SSSR count). The van der Waals surface area contributed by atoms with Crippen LogP contribution in [0.25, 0.3) is 0 Å². The minimum Gasteiger partial charge on any atom is -0.359 e. The Morgan fingerprint density at radius 3 is 2.38 bits per heavy atom. The molecular formula is C17H25N3O3S. The average molecular weight is 351 g/mol.